The molecular formula is C43H70O5. The summed E-state index contributed by atoms with van der Waals surface area (Å²) >= 11 is 0. The lowest BCUT2D eigenvalue weighted by Crippen LogP contribution is -2.28. The van der Waals surface area contributed by atoms with Crippen LogP contribution in [0, 0.1) is 0 Å². The number of rotatable bonds is 33. The highest BCUT2D eigenvalue weighted by Crippen LogP contribution is 2.10. The van der Waals surface area contributed by atoms with Crippen molar-refractivity contribution in [2.24, 2.45) is 0 Å². The molecule has 0 spiro atoms. The summed E-state index contributed by atoms with van der Waals surface area (Å²) in [7, 11) is 0. The van der Waals surface area contributed by atoms with Crippen molar-refractivity contribution in [2.45, 2.75) is 161 Å². The van der Waals surface area contributed by atoms with Gasteiger partial charge in [-0.3, -0.25) is 9.59 Å². The molecule has 0 aliphatic carbocycles. The third kappa shape index (κ3) is 35.9. The van der Waals surface area contributed by atoms with Crippen LogP contribution in [-0.4, -0.2) is 36.4 Å². The smallest absolute Gasteiger partial charge is 0.306 e. The van der Waals surface area contributed by atoms with E-state index >= 15 is 0 Å². The SMILES string of the molecule is CCC=CCC=CCC=CCCCCCCCC(=O)O[C@@H](CO)COC(=O)CCCCCC=CCC=CCC=CCC=CCCCCC. The van der Waals surface area contributed by atoms with E-state index in [4.69, 9.17) is 9.47 Å². The van der Waals surface area contributed by atoms with Crippen molar-refractivity contribution in [1.82, 2.24) is 0 Å². The molecule has 0 radical (unpaired) electrons. The van der Waals surface area contributed by atoms with E-state index in [1.54, 1.807) is 0 Å². The molecule has 5 nitrogen and oxygen atoms in total. The maximum Gasteiger partial charge on any atom is 0.306 e. The van der Waals surface area contributed by atoms with Gasteiger partial charge >= 0.3 is 11.9 Å². The zero-order valence-corrected chi connectivity index (χ0v) is 30.7. The number of carbonyl (C=O) groups excluding carboxylic acids is 2. The standard InChI is InChI=1S/C43H70O5/c1-3-5-7-9-11-13-15-17-19-20-21-22-24-25-27-29-31-33-35-37-42(45)47-40-41(39-44)48-43(46)38-36-34-32-30-28-26-23-18-16-14-12-10-8-6-4-2/h6,8,11-14,17-19,21-23,25,27,41,44H,3-5,7,9-10,15-16,20,24,26,28-40H2,1-2H3/t41-/m0/s1. The Morgan fingerprint density at radius 1 is 0.500 bits per heavy atom. The molecule has 0 rings (SSSR count). The largest absolute Gasteiger partial charge is 0.462 e. The number of esters is 2. The number of carbonyl (C=O) groups is 2. The van der Waals surface area contributed by atoms with Gasteiger partial charge in [-0.25, -0.2) is 0 Å². The van der Waals surface area contributed by atoms with Crippen LogP contribution in [0.3, 0.4) is 0 Å². The van der Waals surface area contributed by atoms with E-state index < -0.39 is 6.10 Å². The van der Waals surface area contributed by atoms with Crippen molar-refractivity contribution in [2.75, 3.05) is 13.2 Å². The van der Waals surface area contributed by atoms with Gasteiger partial charge in [0.2, 0.25) is 0 Å². The van der Waals surface area contributed by atoms with Crippen LogP contribution in [0.15, 0.2) is 85.1 Å². The lowest BCUT2D eigenvalue weighted by atomic mass is 10.1. The summed E-state index contributed by atoms with van der Waals surface area (Å²) in [5, 5.41) is 9.54. The fraction of sp³-hybridized carbons (Fsp3) is 0.628. The van der Waals surface area contributed by atoms with E-state index in [1.807, 2.05) is 0 Å². The summed E-state index contributed by atoms with van der Waals surface area (Å²) < 4.78 is 10.6. The van der Waals surface area contributed by atoms with Crippen molar-refractivity contribution in [3.05, 3.63) is 85.1 Å². The quantitative estimate of drug-likeness (QED) is 0.0429. The number of hydrogen-bond acceptors (Lipinski definition) is 5. The summed E-state index contributed by atoms with van der Waals surface area (Å²) in [6, 6.07) is 0. The first-order valence-corrected chi connectivity index (χ1v) is 19.1. The minimum absolute atomic E-state index is 0.0947. The predicted octanol–water partition coefficient (Wildman–Crippen LogP) is 11.9. The maximum atomic E-state index is 12.1. The molecule has 0 aromatic heterocycles. The molecule has 0 aromatic rings. The summed E-state index contributed by atoms with van der Waals surface area (Å²) in [6.07, 6.45) is 52.1. The van der Waals surface area contributed by atoms with Crippen molar-refractivity contribution in [3.63, 3.8) is 0 Å². The summed E-state index contributed by atoms with van der Waals surface area (Å²) in [5.41, 5.74) is 0. The Hall–Kier alpha value is -2.92. The highest BCUT2D eigenvalue weighted by Gasteiger charge is 2.16. The molecule has 0 saturated carbocycles. The molecule has 5 heteroatoms. The van der Waals surface area contributed by atoms with Gasteiger partial charge in [0.15, 0.2) is 6.10 Å². The second kappa shape index (κ2) is 38.5. The Labute approximate surface area is 295 Å². The van der Waals surface area contributed by atoms with Crippen molar-refractivity contribution in [1.29, 1.82) is 0 Å². The van der Waals surface area contributed by atoms with Crippen LogP contribution >= 0.6 is 0 Å². The molecule has 0 aliphatic heterocycles. The molecule has 0 amide bonds. The summed E-state index contributed by atoms with van der Waals surface area (Å²) in [4.78, 5) is 24.2. The molecular weight excluding hydrogens is 596 g/mol. The first kappa shape index (κ1) is 45.1. The molecule has 272 valence electrons. The molecule has 1 atom stereocenters. The van der Waals surface area contributed by atoms with Gasteiger partial charge in [0, 0.05) is 12.8 Å². The summed E-state index contributed by atoms with van der Waals surface area (Å²) in [5.74, 6) is -0.656. The minimum Gasteiger partial charge on any atom is -0.462 e. The van der Waals surface area contributed by atoms with Crippen LogP contribution in [0.1, 0.15) is 155 Å². The highest BCUT2D eigenvalue weighted by atomic mass is 16.6. The monoisotopic (exact) mass is 667 g/mol. The molecule has 0 aliphatic rings. The predicted molar refractivity (Wildman–Crippen MR) is 205 cm³/mol. The first-order valence-electron chi connectivity index (χ1n) is 19.1. The number of hydrogen-bond donors (Lipinski definition) is 1. The molecule has 0 bridgehead atoms. The van der Waals surface area contributed by atoms with Gasteiger partial charge in [-0.05, 0) is 89.9 Å². The van der Waals surface area contributed by atoms with E-state index in [-0.39, 0.29) is 25.2 Å². The fourth-order valence-corrected chi connectivity index (χ4v) is 4.78. The Kier molecular flexibility index (Phi) is 36.2. The average molecular weight is 667 g/mol. The lowest BCUT2D eigenvalue weighted by molar-refractivity contribution is -0.161. The number of aliphatic hydroxyl groups excluding tert-OH is 1. The van der Waals surface area contributed by atoms with Gasteiger partial charge in [0.1, 0.15) is 6.61 Å². The Bertz CT molecular complexity index is 937. The van der Waals surface area contributed by atoms with Gasteiger partial charge in [0.25, 0.3) is 0 Å². The number of aliphatic hydroxyl groups is 1. The molecule has 1 N–H and O–H groups in total. The van der Waals surface area contributed by atoms with Crippen LogP contribution in [0.4, 0.5) is 0 Å². The first-order chi connectivity index (χ1) is 23.6. The van der Waals surface area contributed by atoms with Crippen LogP contribution in [0.2, 0.25) is 0 Å². The second-order valence-corrected chi connectivity index (χ2v) is 12.3. The zero-order valence-electron chi connectivity index (χ0n) is 30.7. The van der Waals surface area contributed by atoms with Gasteiger partial charge in [-0.2, -0.15) is 0 Å². The lowest BCUT2D eigenvalue weighted by Gasteiger charge is -2.15. The Balaban J connectivity index is 3.70. The van der Waals surface area contributed by atoms with Crippen LogP contribution in [-0.2, 0) is 19.1 Å². The Morgan fingerprint density at radius 3 is 1.38 bits per heavy atom. The molecule has 0 heterocycles. The maximum absolute atomic E-state index is 12.1. The van der Waals surface area contributed by atoms with Crippen molar-refractivity contribution < 1.29 is 24.2 Å². The molecule has 0 saturated heterocycles. The molecule has 48 heavy (non-hydrogen) atoms. The number of unbranched alkanes of at least 4 members (excludes halogenated alkanes) is 11. The van der Waals surface area contributed by atoms with Crippen molar-refractivity contribution >= 4 is 11.9 Å². The van der Waals surface area contributed by atoms with Gasteiger partial charge < -0.3 is 14.6 Å². The minimum atomic E-state index is -0.798. The molecule has 0 fully saturated rings. The fourth-order valence-electron chi connectivity index (χ4n) is 4.78. The van der Waals surface area contributed by atoms with Gasteiger partial charge in [0.05, 0.1) is 6.61 Å². The van der Waals surface area contributed by atoms with Crippen LogP contribution in [0.25, 0.3) is 0 Å². The zero-order chi connectivity index (χ0) is 35.0. The van der Waals surface area contributed by atoms with Crippen LogP contribution < -0.4 is 0 Å². The number of allylic oxidation sites excluding steroid dienone is 14. The van der Waals surface area contributed by atoms with Crippen molar-refractivity contribution in [3.8, 4) is 0 Å². The summed E-state index contributed by atoms with van der Waals surface area (Å²) in [6.45, 7) is 3.93. The van der Waals surface area contributed by atoms with Gasteiger partial charge in [-0.1, -0.05) is 137 Å². The molecule has 0 aromatic carbocycles. The van der Waals surface area contributed by atoms with Crippen LogP contribution in [0.5, 0.6) is 0 Å². The number of ether oxygens (including phenoxy) is 2. The highest BCUT2D eigenvalue weighted by molar-refractivity contribution is 5.70. The topological polar surface area (TPSA) is 72.8 Å². The van der Waals surface area contributed by atoms with E-state index in [0.717, 1.165) is 103 Å². The van der Waals surface area contributed by atoms with E-state index in [2.05, 4.69) is 98.9 Å². The average Bonchev–Trinajstić information content (AvgIpc) is 3.09. The van der Waals surface area contributed by atoms with E-state index in [1.165, 1.54) is 25.7 Å². The van der Waals surface area contributed by atoms with E-state index in [9.17, 15) is 14.7 Å². The van der Waals surface area contributed by atoms with E-state index in [0.29, 0.717) is 12.8 Å². The Morgan fingerprint density at radius 2 is 0.896 bits per heavy atom. The molecule has 0 unspecified atom stereocenters. The normalized spacial score (nSPS) is 13.1. The third-order valence-electron chi connectivity index (χ3n) is 7.67. The third-order valence-corrected chi connectivity index (χ3v) is 7.67. The second-order valence-electron chi connectivity index (χ2n) is 12.3. The van der Waals surface area contributed by atoms with Gasteiger partial charge in [-0.15, -0.1) is 0 Å².